The van der Waals surface area contributed by atoms with Gasteiger partial charge < -0.3 is 14.2 Å². The highest BCUT2D eigenvalue weighted by Gasteiger charge is 2.15. The number of hydrogen-bond acceptors (Lipinski definition) is 6. The van der Waals surface area contributed by atoms with Crippen molar-refractivity contribution in [1.29, 1.82) is 0 Å². The zero-order valence-electron chi connectivity index (χ0n) is 15.1. The van der Waals surface area contributed by atoms with E-state index in [1.807, 2.05) is 23.6 Å². The molecule has 0 aliphatic heterocycles. The molecule has 26 heavy (non-hydrogen) atoms. The zero-order valence-corrected chi connectivity index (χ0v) is 15.9. The summed E-state index contributed by atoms with van der Waals surface area (Å²) in [5.41, 5.74) is 1.66. The predicted molar refractivity (Wildman–Crippen MR) is 102 cm³/mol. The second-order valence-corrected chi connectivity index (χ2v) is 7.08. The van der Waals surface area contributed by atoms with Gasteiger partial charge in [0, 0.05) is 10.9 Å². The van der Waals surface area contributed by atoms with E-state index in [-0.39, 0.29) is 12.4 Å². The molecule has 3 rings (SSSR count). The lowest BCUT2D eigenvalue weighted by molar-refractivity contribution is -0.144. The molecule has 0 saturated heterocycles. The summed E-state index contributed by atoms with van der Waals surface area (Å²) in [5.74, 6) is 1.56. The van der Waals surface area contributed by atoms with Crippen LogP contribution in [0.5, 0.6) is 11.5 Å². The lowest BCUT2D eigenvalue weighted by Gasteiger charge is -2.17. The number of carbonyl (C=O) groups excluding carboxylic acids is 1. The molecular formula is C20H23NO4S. The fourth-order valence-electron chi connectivity index (χ4n) is 2.91. The van der Waals surface area contributed by atoms with Crippen molar-refractivity contribution in [2.75, 3.05) is 20.8 Å². The molecule has 0 fully saturated rings. The van der Waals surface area contributed by atoms with Gasteiger partial charge in [-0.3, -0.25) is 4.79 Å². The third kappa shape index (κ3) is 4.64. The van der Waals surface area contributed by atoms with E-state index in [9.17, 15) is 4.79 Å². The van der Waals surface area contributed by atoms with E-state index in [1.54, 1.807) is 14.2 Å². The normalized spacial score (nSPS) is 16.3. The Kier molecular flexibility index (Phi) is 6.28. The Hall–Kier alpha value is -2.34. The SMILES string of the molecule is COc1ccc(-c2nc(CC(=O)OCC3CC=CCC3)cs2)cc1OC. The fourth-order valence-corrected chi connectivity index (χ4v) is 3.72. The van der Waals surface area contributed by atoms with Crippen molar-refractivity contribution in [2.45, 2.75) is 25.7 Å². The number of ether oxygens (including phenoxy) is 3. The summed E-state index contributed by atoms with van der Waals surface area (Å²) in [6.45, 7) is 0.496. The summed E-state index contributed by atoms with van der Waals surface area (Å²) in [6.07, 6.45) is 7.70. The van der Waals surface area contributed by atoms with Gasteiger partial charge in [0.25, 0.3) is 0 Å². The predicted octanol–water partition coefficient (Wildman–Crippen LogP) is 4.27. The standard InChI is InChI=1S/C20H23NO4S/c1-23-17-9-8-15(10-18(17)24-2)20-21-16(13-26-20)11-19(22)25-12-14-6-4-3-5-7-14/h3-4,8-10,13-14H,5-7,11-12H2,1-2H3. The molecule has 5 nitrogen and oxygen atoms in total. The second kappa shape index (κ2) is 8.85. The Labute approximate surface area is 157 Å². The van der Waals surface area contributed by atoms with E-state index in [0.717, 1.165) is 35.5 Å². The largest absolute Gasteiger partial charge is 0.493 e. The van der Waals surface area contributed by atoms with Gasteiger partial charge in [0.1, 0.15) is 5.01 Å². The van der Waals surface area contributed by atoms with E-state index in [0.29, 0.717) is 24.0 Å². The first-order valence-electron chi connectivity index (χ1n) is 8.67. The van der Waals surface area contributed by atoms with Crippen LogP contribution in [0, 0.1) is 5.92 Å². The number of carbonyl (C=O) groups is 1. The molecule has 1 unspecified atom stereocenters. The Bertz CT molecular complexity index is 784. The number of methoxy groups -OCH3 is 2. The minimum atomic E-state index is -0.219. The maximum Gasteiger partial charge on any atom is 0.311 e. The number of hydrogen-bond donors (Lipinski definition) is 0. The van der Waals surface area contributed by atoms with Gasteiger partial charge in [-0.25, -0.2) is 4.98 Å². The monoisotopic (exact) mass is 373 g/mol. The van der Waals surface area contributed by atoms with Crippen LogP contribution in [-0.2, 0) is 16.0 Å². The van der Waals surface area contributed by atoms with Crippen molar-refractivity contribution in [3.05, 3.63) is 41.4 Å². The molecule has 138 valence electrons. The van der Waals surface area contributed by atoms with Gasteiger partial charge in [-0.2, -0.15) is 0 Å². The average Bonchev–Trinajstić information content (AvgIpc) is 3.15. The first-order valence-corrected chi connectivity index (χ1v) is 9.55. The van der Waals surface area contributed by atoms with E-state index in [1.165, 1.54) is 11.3 Å². The van der Waals surface area contributed by atoms with E-state index in [2.05, 4.69) is 17.1 Å². The van der Waals surface area contributed by atoms with Crippen molar-refractivity contribution in [1.82, 2.24) is 4.98 Å². The lowest BCUT2D eigenvalue weighted by Crippen LogP contribution is -2.16. The number of thiazole rings is 1. The molecular weight excluding hydrogens is 350 g/mol. The van der Waals surface area contributed by atoms with Crippen LogP contribution in [0.1, 0.15) is 25.0 Å². The molecule has 1 aromatic carbocycles. The summed E-state index contributed by atoms with van der Waals surface area (Å²) in [6, 6.07) is 5.66. The molecule has 0 N–H and O–H groups in total. The van der Waals surface area contributed by atoms with Crippen molar-refractivity contribution < 1.29 is 19.0 Å². The van der Waals surface area contributed by atoms with Gasteiger partial charge in [-0.1, -0.05) is 12.2 Å². The van der Waals surface area contributed by atoms with Crippen molar-refractivity contribution in [2.24, 2.45) is 5.92 Å². The van der Waals surface area contributed by atoms with Gasteiger partial charge in [0.15, 0.2) is 11.5 Å². The van der Waals surface area contributed by atoms with Gasteiger partial charge in [0.05, 0.1) is 32.9 Å². The van der Waals surface area contributed by atoms with Crippen LogP contribution in [0.2, 0.25) is 0 Å². The highest BCUT2D eigenvalue weighted by Crippen LogP contribution is 2.33. The van der Waals surface area contributed by atoms with Gasteiger partial charge >= 0.3 is 5.97 Å². The summed E-state index contributed by atoms with van der Waals surface area (Å²) >= 11 is 1.50. The maximum atomic E-state index is 12.1. The second-order valence-electron chi connectivity index (χ2n) is 6.22. The van der Waals surface area contributed by atoms with Gasteiger partial charge in [-0.05, 0) is 43.4 Å². The van der Waals surface area contributed by atoms with E-state index in [4.69, 9.17) is 14.2 Å². The molecule has 1 atom stereocenters. The quantitative estimate of drug-likeness (QED) is 0.536. The van der Waals surface area contributed by atoms with Crippen LogP contribution < -0.4 is 9.47 Å². The molecule has 6 heteroatoms. The number of aromatic nitrogens is 1. The smallest absolute Gasteiger partial charge is 0.311 e. The van der Waals surface area contributed by atoms with Crippen LogP contribution in [0.25, 0.3) is 10.6 Å². The minimum Gasteiger partial charge on any atom is -0.493 e. The molecule has 1 aromatic heterocycles. The third-order valence-corrected chi connectivity index (χ3v) is 5.31. The molecule has 2 aromatic rings. The van der Waals surface area contributed by atoms with Gasteiger partial charge in [0.2, 0.25) is 0 Å². The Morgan fingerprint density at radius 2 is 2.08 bits per heavy atom. The molecule has 0 bridgehead atoms. The number of nitrogens with zero attached hydrogens (tertiary/aromatic N) is 1. The summed E-state index contributed by atoms with van der Waals surface area (Å²) in [7, 11) is 3.21. The lowest BCUT2D eigenvalue weighted by atomic mass is 9.95. The number of rotatable bonds is 7. The van der Waals surface area contributed by atoms with Crippen LogP contribution in [0.4, 0.5) is 0 Å². The van der Waals surface area contributed by atoms with Crippen LogP contribution in [-0.4, -0.2) is 31.8 Å². The van der Waals surface area contributed by atoms with E-state index < -0.39 is 0 Å². The highest BCUT2D eigenvalue weighted by atomic mass is 32.1. The van der Waals surface area contributed by atoms with Crippen molar-refractivity contribution in [3.8, 4) is 22.1 Å². The average molecular weight is 373 g/mol. The van der Waals surface area contributed by atoms with E-state index >= 15 is 0 Å². The zero-order chi connectivity index (χ0) is 18.4. The van der Waals surface area contributed by atoms with Crippen molar-refractivity contribution in [3.63, 3.8) is 0 Å². The highest BCUT2D eigenvalue weighted by molar-refractivity contribution is 7.13. The first-order chi connectivity index (χ1) is 12.7. The van der Waals surface area contributed by atoms with Gasteiger partial charge in [-0.15, -0.1) is 11.3 Å². The molecule has 0 amide bonds. The number of esters is 1. The summed E-state index contributed by atoms with van der Waals surface area (Å²) in [5, 5.41) is 2.74. The minimum absolute atomic E-state index is 0.201. The third-order valence-electron chi connectivity index (χ3n) is 4.37. The Balaban J connectivity index is 1.59. The molecule has 1 heterocycles. The van der Waals surface area contributed by atoms with Crippen LogP contribution in [0.15, 0.2) is 35.7 Å². The molecule has 0 radical (unpaired) electrons. The first kappa shape index (κ1) is 18.5. The van der Waals surface area contributed by atoms with Crippen LogP contribution in [0.3, 0.4) is 0 Å². The molecule has 1 aliphatic carbocycles. The van der Waals surface area contributed by atoms with Crippen molar-refractivity contribution >= 4 is 17.3 Å². The summed E-state index contributed by atoms with van der Waals surface area (Å²) in [4.78, 5) is 16.6. The Morgan fingerprint density at radius 3 is 2.81 bits per heavy atom. The summed E-state index contributed by atoms with van der Waals surface area (Å²) < 4.78 is 16.0. The Morgan fingerprint density at radius 1 is 1.23 bits per heavy atom. The number of benzene rings is 1. The maximum absolute atomic E-state index is 12.1. The topological polar surface area (TPSA) is 57.7 Å². The fraction of sp³-hybridized carbons (Fsp3) is 0.400. The number of allylic oxidation sites excluding steroid dienone is 2. The van der Waals surface area contributed by atoms with Crippen LogP contribution >= 0.6 is 11.3 Å². The molecule has 0 spiro atoms. The molecule has 0 saturated carbocycles. The molecule has 1 aliphatic rings.